The van der Waals surface area contributed by atoms with Crippen LogP contribution in [0.15, 0.2) is 24.3 Å². The van der Waals surface area contributed by atoms with Crippen molar-refractivity contribution in [3.63, 3.8) is 0 Å². The van der Waals surface area contributed by atoms with Crippen molar-refractivity contribution in [3.8, 4) is 0 Å². The minimum Gasteiger partial charge on any atom is -0.480 e. The third kappa shape index (κ3) is 4.45. The van der Waals surface area contributed by atoms with E-state index in [-0.39, 0.29) is 0 Å². The fourth-order valence-electron chi connectivity index (χ4n) is 1.44. The molecule has 0 aliphatic carbocycles. The third-order valence-corrected chi connectivity index (χ3v) is 2.59. The Morgan fingerprint density at radius 3 is 2.39 bits per heavy atom. The van der Waals surface area contributed by atoms with E-state index in [4.69, 9.17) is 5.11 Å². The quantitative estimate of drug-likeness (QED) is 0.743. The van der Waals surface area contributed by atoms with Crippen molar-refractivity contribution in [1.82, 2.24) is 10.6 Å². The van der Waals surface area contributed by atoms with Crippen molar-refractivity contribution in [2.45, 2.75) is 32.9 Å². The molecule has 0 aromatic heterocycles. The summed E-state index contributed by atoms with van der Waals surface area (Å²) in [7, 11) is 0. The Morgan fingerprint density at radius 2 is 1.89 bits per heavy atom. The van der Waals surface area contributed by atoms with Gasteiger partial charge in [0.2, 0.25) is 0 Å². The molecule has 0 bridgehead atoms. The zero-order chi connectivity index (χ0) is 13.5. The van der Waals surface area contributed by atoms with Gasteiger partial charge in [-0.2, -0.15) is 0 Å². The van der Waals surface area contributed by atoms with Crippen molar-refractivity contribution in [2.24, 2.45) is 0 Å². The van der Waals surface area contributed by atoms with Crippen LogP contribution in [0.5, 0.6) is 0 Å². The highest BCUT2D eigenvalue weighted by atomic mass is 16.4. The van der Waals surface area contributed by atoms with Crippen molar-refractivity contribution >= 4 is 12.0 Å². The number of urea groups is 1. The largest absolute Gasteiger partial charge is 0.480 e. The summed E-state index contributed by atoms with van der Waals surface area (Å²) in [5, 5.41) is 13.8. The number of rotatable bonds is 5. The number of carbonyl (C=O) groups excluding carboxylic acids is 1. The molecule has 0 spiro atoms. The highest BCUT2D eigenvalue weighted by Crippen LogP contribution is 2.02. The van der Waals surface area contributed by atoms with Gasteiger partial charge in [-0.1, -0.05) is 36.8 Å². The number of hydrogen-bond donors (Lipinski definition) is 3. The first-order valence-corrected chi connectivity index (χ1v) is 5.85. The Kier molecular flexibility index (Phi) is 5.17. The van der Waals surface area contributed by atoms with E-state index in [2.05, 4.69) is 10.6 Å². The van der Waals surface area contributed by atoms with E-state index >= 15 is 0 Å². The fourth-order valence-corrected chi connectivity index (χ4v) is 1.44. The normalized spacial score (nSPS) is 11.7. The average Bonchev–Trinajstić information content (AvgIpc) is 2.35. The first kappa shape index (κ1) is 14.0. The second-order valence-electron chi connectivity index (χ2n) is 4.11. The van der Waals surface area contributed by atoms with Gasteiger partial charge in [0.05, 0.1) is 0 Å². The van der Waals surface area contributed by atoms with Gasteiger partial charge in [-0.25, -0.2) is 9.59 Å². The van der Waals surface area contributed by atoms with E-state index in [0.29, 0.717) is 13.0 Å². The number of aryl methyl sites for hydroxylation is 1. The Bertz CT molecular complexity index is 415. The van der Waals surface area contributed by atoms with E-state index in [0.717, 1.165) is 11.1 Å². The molecule has 1 aromatic rings. The Morgan fingerprint density at radius 1 is 1.28 bits per heavy atom. The molecule has 1 aromatic carbocycles. The van der Waals surface area contributed by atoms with Crippen LogP contribution in [0.4, 0.5) is 4.79 Å². The first-order valence-electron chi connectivity index (χ1n) is 5.85. The Labute approximate surface area is 106 Å². The summed E-state index contributed by atoms with van der Waals surface area (Å²) in [6, 6.07) is 6.45. The minimum atomic E-state index is -1.03. The number of benzene rings is 1. The number of carboxylic acid groups (broad SMARTS) is 1. The maximum absolute atomic E-state index is 11.5. The Balaban J connectivity index is 2.41. The third-order valence-electron chi connectivity index (χ3n) is 2.59. The highest BCUT2D eigenvalue weighted by molar-refractivity contribution is 5.82. The number of hydrogen-bond acceptors (Lipinski definition) is 2. The molecule has 1 rings (SSSR count). The van der Waals surface area contributed by atoms with Crippen LogP contribution in [0, 0.1) is 6.92 Å². The fraction of sp³-hybridized carbons (Fsp3) is 0.385. The number of nitrogens with one attached hydrogen (secondary N) is 2. The lowest BCUT2D eigenvalue weighted by Gasteiger charge is -2.13. The Hall–Kier alpha value is -2.04. The summed E-state index contributed by atoms with van der Waals surface area (Å²) in [4.78, 5) is 22.2. The molecule has 2 amide bonds. The van der Waals surface area contributed by atoms with E-state index in [1.54, 1.807) is 6.92 Å². The average molecular weight is 250 g/mol. The van der Waals surface area contributed by atoms with Gasteiger partial charge < -0.3 is 15.7 Å². The van der Waals surface area contributed by atoms with E-state index < -0.39 is 18.0 Å². The molecule has 5 heteroatoms. The number of amides is 2. The lowest BCUT2D eigenvalue weighted by Crippen LogP contribution is -2.45. The van der Waals surface area contributed by atoms with Crippen molar-refractivity contribution in [1.29, 1.82) is 0 Å². The molecule has 0 radical (unpaired) electrons. The van der Waals surface area contributed by atoms with Gasteiger partial charge in [-0.15, -0.1) is 0 Å². The minimum absolute atomic E-state index is 0.354. The van der Waals surface area contributed by atoms with Crippen LogP contribution in [-0.2, 0) is 11.3 Å². The highest BCUT2D eigenvalue weighted by Gasteiger charge is 2.16. The van der Waals surface area contributed by atoms with Gasteiger partial charge in [0.15, 0.2) is 0 Å². The van der Waals surface area contributed by atoms with Crippen LogP contribution < -0.4 is 10.6 Å². The summed E-state index contributed by atoms with van der Waals surface area (Å²) in [5.41, 5.74) is 2.12. The molecule has 98 valence electrons. The maximum Gasteiger partial charge on any atom is 0.326 e. The van der Waals surface area contributed by atoms with Gasteiger partial charge >= 0.3 is 12.0 Å². The number of aliphatic carboxylic acids is 1. The van der Waals surface area contributed by atoms with Crippen LogP contribution in [0.25, 0.3) is 0 Å². The van der Waals surface area contributed by atoms with E-state index in [9.17, 15) is 9.59 Å². The maximum atomic E-state index is 11.5. The molecule has 0 saturated carbocycles. The zero-order valence-electron chi connectivity index (χ0n) is 10.6. The van der Waals surface area contributed by atoms with Crippen molar-refractivity contribution in [2.75, 3.05) is 0 Å². The monoisotopic (exact) mass is 250 g/mol. The molecular formula is C13H18N2O3. The topological polar surface area (TPSA) is 78.4 Å². The summed E-state index contributed by atoms with van der Waals surface area (Å²) < 4.78 is 0. The van der Waals surface area contributed by atoms with E-state index in [1.165, 1.54) is 0 Å². The lowest BCUT2D eigenvalue weighted by atomic mass is 10.1. The van der Waals surface area contributed by atoms with Crippen LogP contribution in [0.2, 0.25) is 0 Å². The molecule has 0 aliphatic rings. The van der Waals surface area contributed by atoms with E-state index in [1.807, 2.05) is 31.2 Å². The molecule has 0 unspecified atom stereocenters. The molecule has 3 N–H and O–H groups in total. The number of carbonyl (C=O) groups is 2. The van der Waals surface area contributed by atoms with Crippen molar-refractivity contribution < 1.29 is 14.7 Å². The van der Waals surface area contributed by atoms with Gasteiger partial charge in [0.1, 0.15) is 6.04 Å². The molecule has 0 fully saturated rings. The summed E-state index contributed by atoms with van der Waals surface area (Å²) in [6.45, 7) is 4.07. The molecule has 0 aliphatic heterocycles. The van der Waals surface area contributed by atoms with Crippen LogP contribution in [0.3, 0.4) is 0 Å². The summed E-state index contributed by atoms with van der Waals surface area (Å²) in [6.07, 6.45) is 0.354. The predicted octanol–water partition coefficient (Wildman–Crippen LogP) is 1.66. The summed E-state index contributed by atoms with van der Waals surface area (Å²) in [5.74, 6) is -1.03. The summed E-state index contributed by atoms with van der Waals surface area (Å²) >= 11 is 0. The number of carboxylic acids is 1. The molecule has 0 heterocycles. The molecule has 0 saturated heterocycles. The lowest BCUT2D eigenvalue weighted by molar-refractivity contribution is -0.139. The van der Waals surface area contributed by atoms with Crippen LogP contribution in [-0.4, -0.2) is 23.1 Å². The van der Waals surface area contributed by atoms with Gasteiger partial charge in [-0.3, -0.25) is 0 Å². The van der Waals surface area contributed by atoms with Gasteiger partial charge in [0, 0.05) is 6.54 Å². The standard InChI is InChI=1S/C13H18N2O3/c1-3-11(12(16)17)15-13(18)14-8-10-6-4-9(2)5-7-10/h4-7,11H,3,8H2,1-2H3,(H,16,17)(H2,14,15,18)/t11-/m1/s1. The van der Waals surface area contributed by atoms with Crippen LogP contribution >= 0.6 is 0 Å². The first-order chi connectivity index (χ1) is 8.52. The molecule has 18 heavy (non-hydrogen) atoms. The second kappa shape index (κ2) is 6.64. The zero-order valence-corrected chi connectivity index (χ0v) is 10.6. The van der Waals surface area contributed by atoms with Gasteiger partial charge in [-0.05, 0) is 18.9 Å². The van der Waals surface area contributed by atoms with Crippen LogP contribution in [0.1, 0.15) is 24.5 Å². The molecule has 1 atom stereocenters. The van der Waals surface area contributed by atoms with Gasteiger partial charge in [0.25, 0.3) is 0 Å². The smallest absolute Gasteiger partial charge is 0.326 e. The SMILES string of the molecule is CC[C@@H](NC(=O)NCc1ccc(C)cc1)C(=O)O. The molecular weight excluding hydrogens is 232 g/mol. The second-order valence-corrected chi connectivity index (χ2v) is 4.11. The predicted molar refractivity (Wildman–Crippen MR) is 68.3 cm³/mol. The molecule has 5 nitrogen and oxygen atoms in total. The van der Waals surface area contributed by atoms with Crippen molar-refractivity contribution in [3.05, 3.63) is 35.4 Å².